The van der Waals surface area contributed by atoms with Crippen LogP contribution >= 0.6 is 12.4 Å². The number of benzene rings is 2. The number of hydrogen-bond acceptors (Lipinski definition) is 3. The molecule has 0 aromatic heterocycles. The number of nitrogens with two attached hydrogens (primary N) is 1. The largest absolute Gasteiger partial charge is 0.398 e. The molecule has 0 aliphatic heterocycles. The van der Waals surface area contributed by atoms with Gasteiger partial charge in [0.25, 0.3) is 5.91 Å². The van der Waals surface area contributed by atoms with Gasteiger partial charge in [0.05, 0.1) is 5.56 Å². The van der Waals surface area contributed by atoms with Gasteiger partial charge in [0.2, 0.25) is 5.91 Å². The summed E-state index contributed by atoms with van der Waals surface area (Å²) in [5.74, 6) is -0.369. The Balaban J connectivity index is 0.00000312. The van der Waals surface area contributed by atoms with Crippen molar-refractivity contribution < 1.29 is 9.59 Å². The van der Waals surface area contributed by atoms with Crippen molar-refractivity contribution in [3.63, 3.8) is 0 Å². The lowest BCUT2D eigenvalue weighted by atomic mass is 9.95. The van der Waals surface area contributed by atoms with Crippen LogP contribution in [0.4, 0.5) is 17.1 Å². The Bertz CT molecular complexity index is 782. The van der Waals surface area contributed by atoms with Gasteiger partial charge in [0.15, 0.2) is 0 Å². The van der Waals surface area contributed by atoms with Crippen molar-refractivity contribution >= 4 is 41.3 Å². The van der Waals surface area contributed by atoms with E-state index in [0.29, 0.717) is 22.6 Å². The Hall–Kier alpha value is -2.53. The molecule has 0 atom stereocenters. The second kappa shape index (κ2) is 8.03. The minimum atomic E-state index is -0.496. The van der Waals surface area contributed by atoms with E-state index in [4.69, 9.17) is 5.73 Å². The highest BCUT2D eigenvalue weighted by Gasteiger charge is 2.22. The van der Waals surface area contributed by atoms with Crippen molar-refractivity contribution in [3.05, 3.63) is 53.6 Å². The van der Waals surface area contributed by atoms with E-state index in [-0.39, 0.29) is 24.2 Å². The molecule has 0 heterocycles. The molecule has 6 heteroatoms. The van der Waals surface area contributed by atoms with E-state index in [0.717, 1.165) is 5.56 Å². The summed E-state index contributed by atoms with van der Waals surface area (Å²) in [6, 6.07) is 12.3. The molecule has 0 radical (unpaired) electrons. The highest BCUT2D eigenvalue weighted by Crippen LogP contribution is 2.24. The van der Waals surface area contributed by atoms with Gasteiger partial charge in [-0.05, 0) is 36.8 Å². The highest BCUT2D eigenvalue weighted by molar-refractivity contribution is 6.08. The van der Waals surface area contributed by atoms with E-state index in [1.54, 1.807) is 36.4 Å². The molecule has 0 aliphatic carbocycles. The maximum atomic E-state index is 12.3. The van der Waals surface area contributed by atoms with Crippen LogP contribution in [0.5, 0.6) is 0 Å². The van der Waals surface area contributed by atoms with Crippen LogP contribution in [0.25, 0.3) is 0 Å². The lowest BCUT2D eigenvalue weighted by Gasteiger charge is -2.19. The van der Waals surface area contributed by atoms with E-state index in [9.17, 15) is 9.59 Å². The molecule has 0 saturated heterocycles. The molecule has 2 aromatic rings. The summed E-state index contributed by atoms with van der Waals surface area (Å²) in [6.45, 7) is 7.45. The zero-order chi connectivity index (χ0) is 17.9. The van der Waals surface area contributed by atoms with Gasteiger partial charge < -0.3 is 16.4 Å². The molecule has 2 aromatic carbocycles. The second-order valence-corrected chi connectivity index (χ2v) is 6.78. The van der Waals surface area contributed by atoms with Crippen molar-refractivity contribution in [2.45, 2.75) is 27.7 Å². The Morgan fingerprint density at radius 1 is 1.00 bits per heavy atom. The Kier molecular flexibility index (Phi) is 6.59. The summed E-state index contributed by atoms with van der Waals surface area (Å²) in [5, 5.41) is 5.71. The summed E-state index contributed by atoms with van der Waals surface area (Å²) >= 11 is 0. The second-order valence-electron chi connectivity index (χ2n) is 6.78. The van der Waals surface area contributed by atoms with Crippen molar-refractivity contribution in [1.29, 1.82) is 0 Å². The molecule has 4 N–H and O–H groups in total. The zero-order valence-electron chi connectivity index (χ0n) is 14.8. The number of carbonyl (C=O) groups excluding carboxylic acids is 2. The highest BCUT2D eigenvalue weighted by atomic mass is 35.5. The normalized spacial score (nSPS) is 10.6. The smallest absolute Gasteiger partial charge is 0.257 e. The van der Waals surface area contributed by atoms with Gasteiger partial charge in [-0.3, -0.25) is 9.59 Å². The molecule has 0 spiro atoms. The number of rotatable bonds is 3. The molecule has 0 saturated carbocycles. The van der Waals surface area contributed by atoms with Crippen molar-refractivity contribution in [1.82, 2.24) is 0 Å². The molecular weight excluding hydrogens is 338 g/mol. The average Bonchev–Trinajstić information content (AvgIpc) is 2.50. The van der Waals surface area contributed by atoms with Crippen LogP contribution in [0.1, 0.15) is 36.7 Å². The molecule has 0 unspecified atom stereocenters. The van der Waals surface area contributed by atoms with Crippen LogP contribution in [-0.4, -0.2) is 11.8 Å². The van der Waals surface area contributed by atoms with Crippen LogP contribution in [0.2, 0.25) is 0 Å². The van der Waals surface area contributed by atoms with Crippen molar-refractivity contribution in [2.75, 3.05) is 16.4 Å². The topological polar surface area (TPSA) is 84.2 Å². The summed E-state index contributed by atoms with van der Waals surface area (Å²) in [6.07, 6.45) is 0. The summed E-state index contributed by atoms with van der Waals surface area (Å²) in [4.78, 5) is 24.5. The van der Waals surface area contributed by atoms with Gasteiger partial charge in [0, 0.05) is 22.5 Å². The van der Waals surface area contributed by atoms with Crippen LogP contribution in [0, 0.1) is 12.3 Å². The number of hydrogen-bond donors (Lipinski definition) is 3. The van der Waals surface area contributed by atoms with E-state index in [1.165, 1.54) is 0 Å². The minimum Gasteiger partial charge on any atom is -0.398 e. The molecule has 2 amide bonds. The van der Waals surface area contributed by atoms with Crippen LogP contribution in [0.3, 0.4) is 0 Å². The first-order valence-corrected chi connectivity index (χ1v) is 7.76. The quantitative estimate of drug-likeness (QED) is 0.715. The number of aryl methyl sites for hydroxylation is 1. The molecular formula is C19H24ClN3O2. The predicted molar refractivity (Wildman–Crippen MR) is 105 cm³/mol. The maximum Gasteiger partial charge on any atom is 0.257 e. The molecule has 134 valence electrons. The summed E-state index contributed by atoms with van der Waals surface area (Å²) in [7, 11) is 0. The number of halogens is 1. The summed E-state index contributed by atoms with van der Waals surface area (Å²) < 4.78 is 0. The SMILES string of the molecule is Cc1ccc(NC(=O)c2ccccc2N)cc1NC(=O)C(C)(C)C.Cl. The third kappa shape index (κ3) is 5.22. The number of amides is 2. The first kappa shape index (κ1) is 20.5. The summed E-state index contributed by atoms with van der Waals surface area (Å²) in [5.41, 5.74) is 8.36. The van der Waals surface area contributed by atoms with Gasteiger partial charge in [-0.25, -0.2) is 0 Å². The minimum absolute atomic E-state index is 0. The standard InChI is InChI=1S/C19H23N3O2.ClH/c1-12-9-10-13(11-16(12)22-18(24)19(2,3)4)21-17(23)14-7-5-6-8-15(14)20;/h5-11H,20H2,1-4H3,(H,21,23)(H,22,24);1H. The van der Waals surface area contributed by atoms with Gasteiger partial charge in [-0.15, -0.1) is 12.4 Å². The Morgan fingerprint density at radius 2 is 1.64 bits per heavy atom. The van der Waals surface area contributed by atoms with E-state index in [1.807, 2.05) is 33.8 Å². The average molecular weight is 362 g/mol. The molecule has 5 nitrogen and oxygen atoms in total. The number of carbonyl (C=O) groups is 2. The monoisotopic (exact) mass is 361 g/mol. The lowest BCUT2D eigenvalue weighted by Crippen LogP contribution is -2.28. The maximum absolute atomic E-state index is 12.3. The fourth-order valence-electron chi connectivity index (χ4n) is 2.05. The van der Waals surface area contributed by atoms with Gasteiger partial charge in [0.1, 0.15) is 0 Å². The zero-order valence-corrected chi connectivity index (χ0v) is 15.7. The molecule has 0 bridgehead atoms. The number of nitrogen functional groups attached to an aromatic ring is 1. The van der Waals surface area contributed by atoms with Crippen LogP contribution in [-0.2, 0) is 4.79 Å². The molecule has 25 heavy (non-hydrogen) atoms. The number of nitrogens with one attached hydrogen (secondary N) is 2. The Morgan fingerprint density at radius 3 is 2.24 bits per heavy atom. The van der Waals surface area contributed by atoms with Crippen molar-refractivity contribution in [3.8, 4) is 0 Å². The van der Waals surface area contributed by atoms with E-state index >= 15 is 0 Å². The Labute approximate surface area is 154 Å². The molecule has 0 aliphatic rings. The van der Waals surface area contributed by atoms with E-state index in [2.05, 4.69) is 10.6 Å². The fraction of sp³-hybridized carbons (Fsp3) is 0.263. The van der Waals surface area contributed by atoms with Crippen molar-refractivity contribution in [2.24, 2.45) is 5.41 Å². The fourth-order valence-corrected chi connectivity index (χ4v) is 2.05. The van der Waals surface area contributed by atoms with E-state index < -0.39 is 5.41 Å². The number of anilines is 3. The first-order chi connectivity index (χ1) is 11.2. The van der Waals surface area contributed by atoms with Gasteiger partial charge >= 0.3 is 0 Å². The third-order valence-electron chi connectivity index (χ3n) is 3.63. The van der Waals surface area contributed by atoms with Gasteiger partial charge in [-0.2, -0.15) is 0 Å². The first-order valence-electron chi connectivity index (χ1n) is 7.76. The van der Waals surface area contributed by atoms with Crippen LogP contribution in [0.15, 0.2) is 42.5 Å². The molecule has 0 fully saturated rings. The predicted octanol–water partition coefficient (Wildman–Crippen LogP) is 4.24. The van der Waals surface area contributed by atoms with Gasteiger partial charge in [-0.1, -0.05) is 39.0 Å². The lowest BCUT2D eigenvalue weighted by molar-refractivity contribution is -0.123. The number of para-hydroxylation sites is 1. The molecule has 2 rings (SSSR count). The van der Waals surface area contributed by atoms with Crippen LogP contribution < -0.4 is 16.4 Å². The third-order valence-corrected chi connectivity index (χ3v) is 3.63.